The van der Waals surface area contributed by atoms with Crippen LogP contribution in [-0.2, 0) is 11.8 Å². The molecule has 0 bridgehead atoms. The molecule has 0 aliphatic carbocycles. The first-order valence-electron chi connectivity index (χ1n) is 5.92. The minimum atomic E-state index is 0.824. The molecule has 2 aromatic rings. The van der Waals surface area contributed by atoms with Crippen molar-refractivity contribution < 1.29 is 0 Å². The number of pyridine rings is 2. The first-order valence-corrected chi connectivity index (χ1v) is 7.04. The van der Waals surface area contributed by atoms with Crippen molar-refractivity contribution in [1.82, 2.24) is 9.97 Å². The zero-order valence-electron chi connectivity index (χ0n) is 10.4. The van der Waals surface area contributed by atoms with E-state index in [1.807, 2.05) is 30.6 Å². The molecule has 0 amide bonds. The van der Waals surface area contributed by atoms with Crippen LogP contribution in [0.3, 0.4) is 0 Å². The van der Waals surface area contributed by atoms with E-state index in [0.717, 1.165) is 29.8 Å². The van der Waals surface area contributed by atoms with Crippen molar-refractivity contribution in [3.8, 4) is 0 Å². The monoisotopic (exact) mass is 305 g/mol. The molecule has 0 aliphatic rings. The molecule has 0 fully saturated rings. The van der Waals surface area contributed by atoms with Gasteiger partial charge in [0, 0.05) is 49.0 Å². The van der Waals surface area contributed by atoms with Crippen LogP contribution >= 0.6 is 15.9 Å². The number of rotatable bonds is 5. The van der Waals surface area contributed by atoms with Crippen LogP contribution in [0.5, 0.6) is 0 Å². The van der Waals surface area contributed by atoms with Crippen LogP contribution in [-0.4, -0.2) is 23.6 Å². The third kappa shape index (κ3) is 3.29. The number of hydrogen-bond donors (Lipinski definition) is 0. The molecule has 0 N–H and O–H groups in total. The van der Waals surface area contributed by atoms with E-state index in [9.17, 15) is 0 Å². The highest BCUT2D eigenvalue weighted by molar-refractivity contribution is 9.08. The van der Waals surface area contributed by atoms with Crippen molar-refractivity contribution in [3.05, 3.63) is 54.0 Å². The molecule has 0 saturated carbocycles. The normalized spacial score (nSPS) is 10.3. The highest BCUT2D eigenvalue weighted by Crippen LogP contribution is 2.18. The van der Waals surface area contributed by atoms with Crippen LogP contribution in [0.4, 0.5) is 5.82 Å². The van der Waals surface area contributed by atoms with Gasteiger partial charge in [0.05, 0.1) is 0 Å². The van der Waals surface area contributed by atoms with Gasteiger partial charge >= 0.3 is 0 Å². The van der Waals surface area contributed by atoms with Gasteiger partial charge in [-0.3, -0.25) is 4.98 Å². The lowest BCUT2D eigenvalue weighted by molar-refractivity contribution is 0.834. The number of hydrogen-bond acceptors (Lipinski definition) is 3. The largest absolute Gasteiger partial charge is 0.359 e. The lowest BCUT2D eigenvalue weighted by atomic mass is 10.2. The summed E-state index contributed by atoms with van der Waals surface area (Å²) >= 11 is 3.49. The topological polar surface area (TPSA) is 29.0 Å². The van der Waals surface area contributed by atoms with Crippen LogP contribution in [0.1, 0.15) is 11.3 Å². The van der Waals surface area contributed by atoms with E-state index in [1.54, 1.807) is 0 Å². The minimum Gasteiger partial charge on any atom is -0.359 e. The average molecular weight is 306 g/mol. The smallest absolute Gasteiger partial charge is 0.132 e. The molecule has 0 saturated heterocycles. The molecule has 0 unspecified atom stereocenters. The summed E-state index contributed by atoms with van der Waals surface area (Å²) in [4.78, 5) is 10.9. The van der Waals surface area contributed by atoms with E-state index in [0.29, 0.717) is 0 Å². The van der Waals surface area contributed by atoms with Gasteiger partial charge in [0.15, 0.2) is 0 Å². The maximum absolute atomic E-state index is 4.44. The molecule has 18 heavy (non-hydrogen) atoms. The van der Waals surface area contributed by atoms with Gasteiger partial charge in [-0.25, -0.2) is 4.98 Å². The predicted octanol–water partition coefficient (Wildman–Crippen LogP) is 3.05. The fourth-order valence-electron chi connectivity index (χ4n) is 1.81. The van der Waals surface area contributed by atoms with Crippen LogP contribution < -0.4 is 4.90 Å². The summed E-state index contributed by atoms with van der Waals surface area (Å²) < 4.78 is 0. The second-order valence-corrected chi connectivity index (χ2v) is 4.67. The van der Waals surface area contributed by atoms with Crippen molar-refractivity contribution in [1.29, 1.82) is 0 Å². The highest BCUT2D eigenvalue weighted by atomic mass is 79.9. The van der Waals surface area contributed by atoms with Crippen LogP contribution in [0, 0.1) is 0 Å². The maximum atomic E-state index is 4.44. The fourth-order valence-corrected chi connectivity index (χ4v) is 2.25. The van der Waals surface area contributed by atoms with Gasteiger partial charge in [0.1, 0.15) is 5.82 Å². The van der Waals surface area contributed by atoms with Gasteiger partial charge in [-0.1, -0.05) is 28.1 Å². The molecule has 0 aromatic carbocycles. The van der Waals surface area contributed by atoms with Gasteiger partial charge in [-0.05, 0) is 18.2 Å². The summed E-state index contributed by atoms with van der Waals surface area (Å²) in [5, 5.41) is 0.824. The van der Waals surface area contributed by atoms with E-state index in [1.165, 1.54) is 5.56 Å². The molecule has 2 rings (SSSR count). The number of alkyl halides is 1. The first-order chi connectivity index (χ1) is 8.81. The Morgan fingerprint density at radius 1 is 1.11 bits per heavy atom. The summed E-state index contributed by atoms with van der Waals surface area (Å²) in [7, 11) is 2.07. The van der Waals surface area contributed by atoms with Crippen molar-refractivity contribution in [2.75, 3.05) is 18.5 Å². The summed E-state index contributed by atoms with van der Waals surface area (Å²) in [6.45, 7) is 0.911. The Morgan fingerprint density at radius 2 is 1.94 bits per heavy atom. The minimum absolute atomic E-state index is 0.824. The predicted molar refractivity (Wildman–Crippen MR) is 78.1 cm³/mol. The Labute approximate surface area is 116 Å². The van der Waals surface area contributed by atoms with E-state index in [-0.39, 0.29) is 0 Å². The molecule has 2 aromatic heterocycles. The quantitative estimate of drug-likeness (QED) is 0.795. The summed E-state index contributed by atoms with van der Waals surface area (Å²) in [5.74, 6) is 1.03. The fraction of sp³-hybridized carbons (Fsp3) is 0.286. The molecule has 0 atom stereocenters. The Balaban J connectivity index is 2.01. The van der Waals surface area contributed by atoms with Gasteiger partial charge in [0.2, 0.25) is 0 Å². The van der Waals surface area contributed by atoms with E-state index >= 15 is 0 Å². The van der Waals surface area contributed by atoms with E-state index in [4.69, 9.17) is 0 Å². The standard InChI is InChI=1S/C14H16BrN3/c1-18(10-7-13-6-2-3-8-16-13)14-12(11-15)5-4-9-17-14/h2-6,8-9H,7,10-11H2,1H3. The van der Waals surface area contributed by atoms with E-state index in [2.05, 4.69) is 50.0 Å². The molecule has 2 heterocycles. The Hall–Kier alpha value is -1.42. The first kappa shape index (κ1) is 13.0. The molecule has 3 nitrogen and oxygen atoms in total. The van der Waals surface area contributed by atoms with E-state index < -0.39 is 0 Å². The molecular weight excluding hydrogens is 290 g/mol. The van der Waals surface area contributed by atoms with Gasteiger partial charge < -0.3 is 4.90 Å². The lowest BCUT2D eigenvalue weighted by Gasteiger charge is -2.20. The molecule has 4 heteroatoms. The van der Waals surface area contributed by atoms with Gasteiger partial charge in [0.25, 0.3) is 0 Å². The average Bonchev–Trinajstić information content (AvgIpc) is 2.45. The molecular formula is C14H16BrN3. The summed E-state index contributed by atoms with van der Waals surface area (Å²) in [6, 6.07) is 10.1. The van der Waals surface area contributed by atoms with Crippen LogP contribution in [0.15, 0.2) is 42.7 Å². The van der Waals surface area contributed by atoms with Gasteiger partial charge in [-0.15, -0.1) is 0 Å². The molecule has 94 valence electrons. The number of anilines is 1. The number of nitrogens with zero attached hydrogens (tertiary/aromatic N) is 3. The summed E-state index contributed by atoms with van der Waals surface area (Å²) in [5.41, 5.74) is 2.32. The van der Waals surface area contributed by atoms with Crippen LogP contribution in [0.2, 0.25) is 0 Å². The Bertz CT molecular complexity index is 487. The number of halogens is 1. The van der Waals surface area contributed by atoms with Crippen molar-refractivity contribution in [3.63, 3.8) is 0 Å². The van der Waals surface area contributed by atoms with Crippen molar-refractivity contribution in [2.45, 2.75) is 11.8 Å². The lowest BCUT2D eigenvalue weighted by Crippen LogP contribution is -2.22. The Morgan fingerprint density at radius 3 is 2.67 bits per heavy atom. The van der Waals surface area contributed by atoms with Crippen molar-refractivity contribution in [2.24, 2.45) is 0 Å². The number of likely N-dealkylation sites (N-methyl/N-ethyl adjacent to an activating group) is 1. The number of aromatic nitrogens is 2. The molecule has 0 spiro atoms. The van der Waals surface area contributed by atoms with Crippen LogP contribution in [0.25, 0.3) is 0 Å². The maximum Gasteiger partial charge on any atom is 0.132 e. The third-order valence-corrected chi connectivity index (χ3v) is 3.41. The second-order valence-electron chi connectivity index (χ2n) is 4.11. The third-order valence-electron chi connectivity index (χ3n) is 2.80. The summed E-state index contributed by atoms with van der Waals surface area (Å²) in [6.07, 6.45) is 4.59. The Kier molecular flexibility index (Phi) is 4.70. The highest BCUT2D eigenvalue weighted by Gasteiger charge is 2.07. The van der Waals surface area contributed by atoms with Gasteiger partial charge in [-0.2, -0.15) is 0 Å². The zero-order valence-corrected chi connectivity index (χ0v) is 12.0. The SMILES string of the molecule is CN(CCc1ccccn1)c1ncccc1CBr. The molecule has 0 radical (unpaired) electrons. The zero-order chi connectivity index (χ0) is 12.8. The molecule has 0 aliphatic heterocycles. The van der Waals surface area contributed by atoms with Crippen molar-refractivity contribution >= 4 is 21.7 Å². The second kappa shape index (κ2) is 6.50.